The SMILES string of the molecule is C#CCc1cc(OS(=O)(=O)F)c(C)c(S(=O)(=O)F)c1. The van der Waals surface area contributed by atoms with E-state index in [1.807, 2.05) is 0 Å². The molecule has 0 aliphatic carbocycles. The topological polar surface area (TPSA) is 77.5 Å². The van der Waals surface area contributed by atoms with Crippen molar-refractivity contribution in [2.75, 3.05) is 0 Å². The van der Waals surface area contributed by atoms with E-state index in [9.17, 15) is 24.6 Å². The van der Waals surface area contributed by atoms with Crippen molar-refractivity contribution >= 4 is 20.7 Å². The second-order valence-electron chi connectivity index (χ2n) is 3.51. The van der Waals surface area contributed by atoms with Crippen LogP contribution in [0.4, 0.5) is 7.77 Å². The van der Waals surface area contributed by atoms with Gasteiger partial charge in [-0.1, -0.05) is 3.89 Å². The van der Waals surface area contributed by atoms with E-state index in [0.717, 1.165) is 19.1 Å². The van der Waals surface area contributed by atoms with Crippen molar-refractivity contribution in [3.63, 3.8) is 0 Å². The first-order valence-corrected chi connectivity index (χ1v) is 7.39. The minimum atomic E-state index is -5.36. The van der Waals surface area contributed by atoms with Crippen LogP contribution in [0.25, 0.3) is 0 Å². The molecule has 0 N–H and O–H groups in total. The van der Waals surface area contributed by atoms with Gasteiger partial charge in [0.1, 0.15) is 10.6 Å². The lowest BCUT2D eigenvalue weighted by molar-refractivity contribution is 0.437. The maximum absolute atomic E-state index is 13.0. The molecule has 5 nitrogen and oxygen atoms in total. The second-order valence-corrected chi connectivity index (χ2v) is 5.78. The summed E-state index contributed by atoms with van der Waals surface area (Å²) in [4.78, 5) is -0.820. The molecule has 104 valence electrons. The molecule has 0 spiro atoms. The summed E-state index contributed by atoms with van der Waals surface area (Å²) in [5.74, 6) is 1.52. The molecule has 0 saturated heterocycles. The van der Waals surface area contributed by atoms with Crippen molar-refractivity contribution in [3.05, 3.63) is 23.3 Å². The Hall–Kier alpha value is -1.66. The van der Waals surface area contributed by atoms with E-state index in [-0.39, 0.29) is 17.5 Å². The molecule has 0 amide bonds. The van der Waals surface area contributed by atoms with Crippen LogP contribution in [0.15, 0.2) is 17.0 Å². The van der Waals surface area contributed by atoms with Gasteiger partial charge in [0, 0.05) is 12.0 Å². The average molecular weight is 310 g/mol. The first-order valence-electron chi connectivity index (χ1n) is 4.70. The van der Waals surface area contributed by atoms with E-state index in [1.165, 1.54) is 0 Å². The predicted octanol–water partition coefficient (Wildman–Crippen LogP) is 1.42. The molecule has 1 aromatic rings. The standard InChI is InChI=1S/C10H8F2O5S2/c1-3-4-8-5-9(17-19(12,15)16)7(2)10(6-8)18(11,13)14/h1,5-6H,4H2,2H3. The summed E-state index contributed by atoms with van der Waals surface area (Å²) < 4.78 is 72.1. The van der Waals surface area contributed by atoms with E-state index in [2.05, 4.69) is 10.1 Å². The number of hydrogen-bond donors (Lipinski definition) is 0. The highest BCUT2D eigenvalue weighted by Gasteiger charge is 2.22. The number of hydrogen-bond acceptors (Lipinski definition) is 5. The molecule has 1 rings (SSSR count). The van der Waals surface area contributed by atoms with Gasteiger partial charge in [0.15, 0.2) is 0 Å². The van der Waals surface area contributed by atoms with Crippen molar-refractivity contribution in [2.45, 2.75) is 18.2 Å². The van der Waals surface area contributed by atoms with Crippen LogP contribution in [0.3, 0.4) is 0 Å². The van der Waals surface area contributed by atoms with Crippen LogP contribution in [0.5, 0.6) is 5.75 Å². The summed E-state index contributed by atoms with van der Waals surface area (Å²) >= 11 is 0. The molecule has 0 heterocycles. The summed E-state index contributed by atoms with van der Waals surface area (Å²) in [6, 6.07) is 1.96. The molecule has 0 saturated carbocycles. The Morgan fingerprint density at radius 1 is 1.26 bits per heavy atom. The van der Waals surface area contributed by atoms with Gasteiger partial charge >= 0.3 is 20.7 Å². The van der Waals surface area contributed by atoms with Gasteiger partial charge in [-0.2, -0.15) is 16.8 Å². The van der Waals surface area contributed by atoms with Gasteiger partial charge in [0.05, 0.1) is 0 Å². The van der Waals surface area contributed by atoms with Gasteiger partial charge in [0.2, 0.25) is 0 Å². The van der Waals surface area contributed by atoms with Crippen molar-refractivity contribution < 1.29 is 28.8 Å². The van der Waals surface area contributed by atoms with Crippen LogP contribution in [0.2, 0.25) is 0 Å². The Morgan fingerprint density at radius 3 is 2.26 bits per heavy atom. The molecule has 0 unspecified atom stereocenters. The Labute approximate surface area is 109 Å². The van der Waals surface area contributed by atoms with Crippen molar-refractivity contribution in [2.24, 2.45) is 0 Å². The van der Waals surface area contributed by atoms with Crippen LogP contribution in [-0.2, 0) is 27.1 Å². The fourth-order valence-corrected chi connectivity index (χ4v) is 2.53. The van der Waals surface area contributed by atoms with Gasteiger partial charge in [-0.05, 0) is 24.6 Å². The van der Waals surface area contributed by atoms with E-state index >= 15 is 0 Å². The number of halogens is 2. The Balaban J connectivity index is 3.56. The number of terminal acetylenes is 1. The first-order chi connectivity index (χ1) is 8.54. The predicted molar refractivity (Wildman–Crippen MR) is 62.7 cm³/mol. The third-order valence-corrected chi connectivity index (χ3v) is 3.46. The van der Waals surface area contributed by atoms with E-state index in [0.29, 0.717) is 0 Å². The van der Waals surface area contributed by atoms with Crippen LogP contribution >= 0.6 is 0 Å². The van der Waals surface area contributed by atoms with Gasteiger partial charge in [-0.25, -0.2) is 0 Å². The molecule has 0 aromatic heterocycles. The zero-order valence-corrected chi connectivity index (χ0v) is 11.2. The molecule has 0 atom stereocenters. The summed E-state index contributed by atoms with van der Waals surface area (Å²) in [6.45, 7) is 1.08. The lowest BCUT2D eigenvalue weighted by Gasteiger charge is -2.09. The first kappa shape index (κ1) is 15.4. The summed E-state index contributed by atoms with van der Waals surface area (Å²) in [6.07, 6.45) is 4.90. The lowest BCUT2D eigenvalue weighted by Crippen LogP contribution is -2.06. The third kappa shape index (κ3) is 4.18. The van der Waals surface area contributed by atoms with Crippen LogP contribution in [0, 0.1) is 19.3 Å². The Morgan fingerprint density at radius 2 is 1.84 bits per heavy atom. The highest BCUT2D eigenvalue weighted by molar-refractivity contribution is 7.86. The molecule has 0 aliphatic heterocycles. The summed E-state index contributed by atoms with van der Waals surface area (Å²) in [5.41, 5.74) is -0.271. The zero-order valence-electron chi connectivity index (χ0n) is 9.55. The molecular formula is C10H8F2O5S2. The molecule has 0 bridgehead atoms. The van der Waals surface area contributed by atoms with Gasteiger partial charge in [-0.15, -0.1) is 16.2 Å². The van der Waals surface area contributed by atoms with Crippen molar-refractivity contribution in [3.8, 4) is 18.1 Å². The third-order valence-electron chi connectivity index (χ3n) is 2.13. The molecule has 0 aliphatic rings. The van der Waals surface area contributed by atoms with Crippen LogP contribution in [-0.4, -0.2) is 16.8 Å². The highest BCUT2D eigenvalue weighted by atomic mass is 32.3. The van der Waals surface area contributed by atoms with Crippen LogP contribution in [0.1, 0.15) is 11.1 Å². The van der Waals surface area contributed by atoms with Crippen molar-refractivity contribution in [1.82, 2.24) is 0 Å². The fourth-order valence-electron chi connectivity index (χ4n) is 1.38. The van der Waals surface area contributed by atoms with E-state index in [1.54, 1.807) is 0 Å². The largest absolute Gasteiger partial charge is 0.488 e. The quantitative estimate of drug-likeness (QED) is 0.621. The Bertz CT molecular complexity index is 745. The minimum Gasteiger partial charge on any atom is -0.358 e. The monoisotopic (exact) mass is 310 g/mol. The maximum Gasteiger partial charge on any atom is 0.488 e. The van der Waals surface area contributed by atoms with Crippen molar-refractivity contribution in [1.29, 1.82) is 0 Å². The highest BCUT2D eigenvalue weighted by Crippen LogP contribution is 2.30. The molecule has 0 radical (unpaired) electrons. The van der Waals surface area contributed by atoms with Gasteiger partial charge < -0.3 is 4.18 Å². The van der Waals surface area contributed by atoms with Gasteiger partial charge in [0.25, 0.3) is 0 Å². The Kier molecular flexibility index (Phi) is 4.17. The summed E-state index contributed by atoms with van der Waals surface area (Å²) in [7, 11) is -10.5. The lowest BCUT2D eigenvalue weighted by atomic mass is 10.1. The molecule has 0 fully saturated rings. The number of rotatable bonds is 4. The molecule has 19 heavy (non-hydrogen) atoms. The van der Waals surface area contributed by atoms with E-state index in [4.69, 9.17) is 6.42 Å². The maximum atomic E-state index is 13.0. The zero-order chi connectivity index (χ0) is 14.8. The van der Waals surface area contributed by atoms with Crippen LogP contribution < -0.4 is 4.18 Å². The summed E-state index contributed by atoms with van der Waals surface area (Å²) in [5, 5.41) is 0. The average Bonchev–Trinajstić information content (AvgIpc) is 2.19. The number of benzene rings is 1. The smallest absolute Gasteiger partial charge is 0.358 e. The molecule has 9 heteroatoms. The minimum absolute atomic E-state index is 0.1000. The second kappa shape index (κ2) is 5.14. The van der Waals surface area contributed by atoms with Gasteiger partial charge in [-0.3, -0.25) is 0 Å². The fraction of sp³-hybridized carbons (Fsp3) is 0.200. The molecule has 1 aromatic carbocycles. The molecular weight excluding hydrogens is 302 g/mol. The normalized spacial score (nSPS) is 11.9. The van der Waals surface area contributed by atoms with E-state index < -0.39 is 31.4 Å².